The number of hydrogen-bond acceptors (Lipinski definition) is 2. The Kier molecular flexibility index (Phi) is 3.28. The molecule has 1 aliphatic carbocycles. The number of para-hydroxylation sites is 1. The molecular formula is C14H18O2. The Hall–Kier alpha value is -1.31. The zero-order valence-corrected chi connectivity index (χ0v) is 9.90. The van der Waals surface area contributed by atoms with Crippen molar-refractivity contribution in [3.8, 4) is 5.75 Å². The van der Waals surface area contributed by atoms with Crippen molar-refractivity contribution in [2.24, 2.45) is 5.92 Å². The number of ketones is 1. The summed E-state index contributed by atoms with van der Waals surface area (Å²) in [4.78, 5) is 11.3. The van der Waals surface area contributed by atoms with Crippen molar-refractivity contribution in [3.05, 3.63) is 29.8 Å². The number of rotatable bonds is 5. The van der Waals surface area contributed by atoms with Crippen LogP contribution in [-0.4, -0.2) is 12.4 Å². The van der Waals surface area contributed by atoms with Gasteiger partial charge in [0.05, 0.1) is 6.61 Å². The number of Topliss-reactive ketones (excluding diaryl/α,β-unsaturated/α-hetero) is 1. The fraction of sp³-hybridized carbons (Fsp3) is 0.500. The average molecular weight is 218 g/mol. The van der Waals surface area contributed by atoms with E-state index in [4.69, 9.17) is 4.74 Å². The van der Waals surface area contributed by atoms with Gasteiger partial charge in [0.2, 0.25) is 0 Å². The summed E-state index contributed by atoms with van der Waals surface area (Å²) < 4.78 is 5.70. The molecular weight excluding hydrogens is 200 g/mol. The minimum absolute atomic E-state index is 0.228. The molecule has 0 aromatic heterocycles. The second-order valence-corrected chi connectivity index (χ2v) is 4.45. The predicted octanol–water partition coefficient (Wildman–Crippen LogP) is 3.17. The zero-order valence-electron chi connectivity index (χ0n) is 9.90. The highest BCUT2D eigenvalue weighted by Gasteiger charge is 2.43. The highest BCUT2D eigenvalue weighted by atomic mass is 16.5. The van der Waals surface area contributed by atoms with Crippen LogP contribution in [0.5, 0.6) is 5.75 Å². The van der Waals surface area contributed by atoms with Gasteiger partial charge in [-0.25, -0.2) is 0 Å². The third-order valence-electron chi connectivity index (χ3n) is 3.09. The van der Waals surface area contributed by atoms with E-state index < -0.39 is 0 Å². The van der Waals surface area contributed by atoms with Crippen LogP contribution in [0, 0.1) is 5.92 Å². The van der Waals surface area contributed by atoms with E-state index in [2.05, 4.69) is 13.0 Å². The Balaban J connectivity index is 2.12. The summed E-state index contributed by atoms with van der Waals surface area (Å²) in [6, 6.07) is 8.09. The van der Waals surface area contributed by atoms with Crippen molar-refractivity contribution in [1.29, 1.82) is 0 Å². The van der Waals surface area contributed by atoms with E-state index >= 15 is 0 Å². The molecule has 1 aliphatic rings. The van der Waals surface area contributed by atoms with Crippen LogP contribution in [-0.2, 0) is 4.79 Å². The molecule has 1 saturated carbocycles. The third-order valence-corrected chi connectivity index (χ3v) is 3.09. The minimum atomic E-state index is 0.228. The van der Waals surface area contributed by atoms with Crippen LogP contribution in [0.3, 0.4) is 0 Å². The second-order valence-electron chi connectivity index (χ2n) is 4.45. The molecule has 0 amide bonds. The van der Waals surface area contributed by atoms with Gasteiger partial charge in [-0.1, -0.05) is 25.1 Å². The SMILES string of the molecule is CCCOc1ccccc1C1C[C@@H]1C(C)=O. The van der Waals surface area contributed by atoms with Crippen molar-refractivity contribution in [2.75, 3.05) is 6.61 Å². The van der Waals surface area contributed by atoms with Gasteiger partial charge in [0.25, 0.3) is 0 Å². The Bertz CT molecular complexity index is 384. The smallest absolute Gasteiger partial charge is 0.133 e. The Labute approximate surface area is 96.6 Å². The lowest BCUT2D eigenvalue weighted by Crippen LogP contribution is -2.00. The molecule has 1 fully saturated rings. The van der Waals surface area contributed by atoms with Gasteiger partial charge in [0, 0.05) is 5.92 Å². The number of benzene rings is 1. The van der Waals surface area contributed by atoms with Gasteiger partial charge >= 0.3 is 0 Å². The maximum atomic E-state index is 11.3. The van der Waals surface area contributed by atoms with Gasteiger partial charge < -0.3 is 4.74 Å². The summed E-state index contributed by atoms with van der Waals surface area (Å²) in [5, 5.41) is 0. The molecule has 1 aromatic rings. The number of ether oxygens (including phenoxy) is 1. The van der Waals surface area contributed by atoms with E-state index in [0.29, 0.717) is 11.7 Å². The van der Waals surface area contributed by atoms with Gasteiger partial charge in [0.15, 0.2) is 0 Å². The largest absolute Gasteiger partial charge is 0.493 e. The molecule has 2 nitrogen and oxygen atoms in total. The van der Waals surface area contributed by atoms with Crippen molar-refractivity contribution >= 4 is 5.78 Å². The van der Waals surface area contributed by atoms with Gasteiger partial charge in [-0.2, -0.15) is 0 Å². The molecule has 2 atom stereocenters. The van der Waals surface area contributed by atoms with Crippen LogP contribution < -0.4 is 4.74 Å². The lowest BCUT2D eigenvalue weighted by atomic mass is 10.1. The first kappa shape index (κ1) is 11.2. The molecule has 16 heavy (non-hydrogen) atoms. The lowest BCUT2D eigenvalue weighted by molar-refractivity contribution is -0.118. The Morgan fingerprint density at radius 3 is 2.81 bits per heavy atom. The normalized spacial score (nSPS) is 22.9. The van der Waals surface area contributed by atoms with Crippen LogP contribution in [0.4, 0.5) is 0 Å². The molecule has 2 heteroatoms. The van der Waals surface area contributed by atoms with E-state index in [-0.39, 0.29) is 5.92 Å². The highest BCUT2D eigenvalue weighted by molar-refractivity contribution is 5.82. The van der Waals surface area contributed by atoms with Gasteiger partial charge in [-0.15, -0.1) is 0 Å². The number of hydrogen-bond donors (Lipinski definition) is 0. The van der Waals surface area contributed by atoms with Crippen molar-refractivity contribution in [1.82, 2.24) is 0 Å². The maximum absolute atomic E-state index is 11.3. The first-order chi connectivity index (χ1) is 7.74. The minimum Gasteiger partial charge on any atom is -0.493 e. The topological polar surface area (TPSA) is 26.3 Å². The molecule has 0 bridgehead atoms. The van der Waals surface area contributed by atoms with Crippen LogP contribution >= 0.6 is 0 Å². The van der Waals surface area contributed by atoms with Crippen LogP contribution in [0.2, 0.25) is 0 Å². The van der Waals surface area contributed by atoms with Gasteiger partial charge in [-0.3, -0.25) is 4.79 Å². The summed E-state index contributed by atoms with van der Waals surface area (Å²) in [6.07, 6.45) is 2.00. The fourth-order valence-corrected chi connectivity index (χ4v) is 2.12. The summed E-state index contributed by atoms with van der Waals surface area (Å²) in [5.41, 5.74) is 1.20. The first-order valence-corrected chi connectivity index (χ1v) is 5.96. The Morgan fingerprint density at radius 1 is 1.44 bits per heavy atom. The maximum Gasteiger partial charge on any atom is 0.133 e. The highest BCUT2D eigenvalue weighted by Crippen LogP contribution is 2.50. The summed E-state index contributed by atoms with van der Waals surface area (Å²) in [6.45, 7) is 4.52. The predicted molar refractivity (Wildman–Crippen MR) is 63.8 cm³/mol. The van der Waals surface area contributed by atoms with E-state index in [1.165, 1.54) is 5.56 Å². The molecule has 1 unspecified atom stereocenters. The molecule has 0 aliphatic heterocycles. The molecule has 0 saturated heterocycles. The summed E-state index contributed by atoms with van der Waals surface area (Å²) >= 11 is 0. The Morgan fingerprint density at radius 2 is 2.19 bits per heavy atom. The molecule has 2 rings (SSSR count). The van der Waals surface area contributed by atoms with E-state index in [9.17, 15) is 4.79 Å². The zero-order chi connectivity index (χ0) is 11.5. The number of carbonyl (C=O) groups excluding carboxylic acids is 1. The van der Waals surface area contributed by atoms with Crippen LogP contribution in [0.15, 0.2) is 24.3 Å². The molecule has 86 valence electrons. The monoisotopic (exact) mass is 218 g/mol. The van der Waals surface area contributed by atoms with Crippen molar-refractivity contribution in [3.63, 3.8) is 0 Å². The van der Waals surface area contributed by atoms with Gasteiger partial charge in [-0.05, 0) is 37.3 Å². The number of carbonyl (C=O) groups is 1. The van der Waals surface area contributed by atoms with E-state index in [1.54, 1.807) is 6.92 Å². The molecule has 0 radical (unpaired) electrons. The lowest BCUT2D eigenvalue weighted by Gasteiger charge is -2.10. The van der Waals surface area contributed by atoms with E-state index in [1.807, 2.05) is 18.2 Å². The van der Waals surface area contributed by atoms with Gasteiger partial charge in [0.1, 0.15) is 11.5 Å². The third kappa shape index (κ3) is 2.26. The second kappa shape index (κ2) is 4.69. The standard InChI is InChI=1S/C14H18O2/c1-3-8-16-14-7-5-4-6-11(14)13-9-12(13)10(2)15/h4-7,12-13H,3,8-9H2,1-2H3/t12-,13?/m1/s1. The van der Waals surface area contributed by atoms with Crippen molar-refractivity contribution < 1.29 is 9.53 Å². The average Bonchev–Trinajstić information content (AvgIpc) is 3.06. The summed E-state index contributed by atoms with van der Waals surface area (Å²) in [5.74, 6) is 1.88. The first-order valence-electron chi connectivity index (χ1n) is 5.96. The quantitative estimate of drug-likeness (QED) is 0.758. The molecule has 0 heterocycles. The van der Waals surface area contributed by atoms with Crippen LogP contribution in [0.1, 0.15) is 38.2 Å². The molecule has 0 spiro atoms. The van der Waals surface area contributed by atoms with Crippen molar-refractivity contribution in [2.45, 2.75) is 32.6 Å². The van der Waals surface area contributed by atoms with E-state index in [0.717, 1.165) is 25.2 Å². The van der Waals surface area contributed by atoms with Crippen LogP contribution in [0.25, 0.3) is 0 Å². The summed E-state index contributed by atoms with van der Waals surface area (Å²) in [7, 11) is 0. The molecule has 1 aromatic carbocycles. The fourth-order valence-electron chi connectivity index (χ4n) is 2.12. The molecule has 0 N–H and O–H groups in total.